The van der Waals surface area contributed by atoms with Gasteiger partial charge in [0.2, 0.25) is 5.91 Å². The molecule has 0 bridgehead atoms. The lowest BCUT2D eigenvalue weighted by molar-refractivity contribution is 0.1000. The minimum Gasteiger partial charge on any atom is -0.497 e. The smallest absolute Gasteiger partial charge is 0.248 e. The fraction of sp³-hybridized carbons (Fsp3) is 0.360. The van der Waals surface area contributed by atoms with Crippen molar-refractivity contribution in [1.82, 2.24) is 9.88 Å². The predicted molar refractivity (Wildman–Crippen MR) is 130 cm³/mol. The number of ether oxygens (including phenoxy) is 1. The Morgan fingerprint density at radius 1 is 1.12 bits per heavy atom. The maximum Gasteiger partial charge on any atom is 0.248 e. The normalized spacial score (nSPS) is 15.0. The van der Waals surface area contributed by atoms with Crippen LogP contribution in [0.25, 0.3) is 0 Å². The van der Waals surface area contributed by atoms with Crippen LogP contribution in [0.1, 0.15) is 41.0 Å². The third-order valence-corrected chi connectivity index (χ3v) is 7.11. The van der Waals surface area contributed by atoms with Crippen molar-refractivity contribution >= 4 is 22.4 Å². The van der Waals surface area contributed by atoms with E-state index in [1.807, 2.05) is 30.3 Å². The van der Waals surface area contributed by atoms with Crippen molar-refractivity contribution in [3.63, 3.8) is 0 Å². The Balaban J connectivity index is 1.38. The minimum absolute atomic E-state index is 0.172. The summed E-state index contributed by atoms with van der Waals surface area (Å²) in [5, 5.41) is 3.26. The second kappa shape index (κ2) is 9.30. The number of amides is 1. The molecule has 2 heterocycles. The molecule has 0 atom stereocenters. The summed E-state index contributed by atoms with van der Waals surface area (Å²) in [4.78, 5) is 21.2. The monoisotopic (exact) mass is 450 g/mol. The number of anilines is 1. The maximum atomic E-state index is 11.4. The second-order valence-corrected chi connectivity index (χ2v) is 9.53. The van der Waals surface area contributed by atoms with E-state index in [4.69, 9.17) is 15.5 Å². The quantitative estimate of drug-likeness (QED) is 0.591. The van der Waals surface area contributed by atoms with Crippen LogP contribution in [0.15, 0.2) is 53.9 Å². The minimum atomic E-state index is -0.381. The molecule has 4 rings (SSSR count). The third-order valence-electron chi connectivity index (χ3n) is 6.20. The van der Waals surface area contributed by atoms with Gasteiger partial charge in [0.15, 0.2) is 5.13 Å². The largest absolute Gasteiger partial charge is 0.497 e. The lowest BCUT2D eigenvalue weighted by Crippen LogP contribution is -2.46. The van der Waals surface area contributed by atoms with Gasteiger partial charge >= 0.3 is 0 Å². The number of nitrogens with two attached hydrogens (primary N) is 1. The molecule has 0 aliphatic carbocycles. The predicted octanol–water partition coefficient (Wildman–Crippen LogP) is 3.90. The average molecular weight is 451 g/mol. The summed E-state index contributed by atoms with van der Waals surface area (Å²) < 4.78 is 5.29. The fourth-order valence-electron chi connectivity index (χ4n) is 4.03. The summed E-state index contributed by atoms with van der Waals surface area (Å²) in [6, 6.07) is 15.8. The van der Waals surface area contributed by atoms with Gasteiger partial charge in [-0.15, -0.1) is 11.3 Å². The Kier molecular flexibility index (Phi) is 6.48. The van der Waals surface area contributed by atoms with E-state index in [0.717, 1.165) is 54.9 Å². The fourth-order valence-corrected chi connectivity index (χ4v) is 5.08. The molecule has 168 valence electrons. The summed E-state index contributed by atoms with van der Waals surface area (Å²) in [6.07, 6.45) is 0. The number of nitrogens with zero attached hydrogens (tertiary/aromatic N) is 3. The van der Waals surface area contributed by atoms with Crippen molar-refractivity contribution < 1.29 is 9.53 Å². The Hall–Kier alpha value is -2.90. The summed E-state index contributed by atoms with van der Waals surface area (Å²) in [5.74, 6) is 0.483. The number of carbonyl (C=O) groups is 1. The summed E-state index contributed by atoms with van der Waals surface area (Å²) in [7, 11) is 1.69. The van der Waals surface area contributed by atoms with E-state index in [9.17, 15) is 4.79 Å². The van der Waals surface area contributed by atoms with Crippen LogP contribution in [0, 0.1) is 0 Å². The highest BCUT2D eigenvalue weighted by Gasteiger charge is 2.28. The molecule has 2 N–H and O–H groups in total. The Bertz CT molecular complexity index is 1070. The van der Waals surface area contributed by atoms with E-state index in [-0.39, 0.29) is 11.3 Å². The molecule has 6 nitrogen and oxygen atoms in total. The van der Waals surface area contributed by atoms with Gasteiger partial charge in [-0.2, -0.15) is 0 Å². The van der Waals surface area contributed by atoms with Crippen LogP contribution >= 0.6 is 11.3 Å². The van der Waals surface area contributed by atoms with Gasteiger partial charge in [-0.05, 0) is 35.4 Å². The Morgan fingerprint density at radius 2 is 1.84 bits per heavy atom. The number of carbonyl (C=O) groups excluding carboxylic acids is 1. The Morgan fingerprint density at radius 3 is 2.50 bits per heavy atom. The van der Waals surface area contributed by atoms with Crippen LogP contribution in [0.5, 0.6) is 5.75 Å². The summed E-state index contributed by atoms with van der Waals surface area (Å²) in [5.41, 5.74) is 9.23. The van der Waals surface area contributed by atoms with Crippen molar-refractivity contribution in [1.29, 1.82) is 0 Å². The number of thiazole rings is 1. The first kappa shape index (κ1) is 22.3. The topological polar surface area (TPSA) is 71.7 Å². The number of hydrogen-bond acceptors (Lipinski definition) is 6. The van der Waals surface area contributed by atoms with E-state index in [2.05, 4.69) is 41.2 Å². The third kappa shape index (κ3) is 4.79. The molecular weight excluding hydrogens is 420 g/mol. The molecule has 1 aliphatic rings. The van der Waals surface area contributed by atoms with E-state index in [1.54, 1.807) is 24.5 Å². The number of benzene rings is 2. The van der Waals surface area contributed by atoms with E-state index >= 15 is 0 Å². The first-order valence-corrected chi connectivity index (χ1v) is 11.7. The van der Waals surface area contributed by atoms with Crippen LogP contribution in [0.4, 0.5) is 5.13 Å². The van der Waals surface area contributed by atoms with Crippen molar-refractivity contribution in [2.45, 2.75) is 25.8 Å². The highest BCUT2D eigenvalue weighted by Crippen LogP contribution is 2.35. The van der Waals surface area contributed by atoms with Crippen LogP contribution in [-0.2, 0) is 12.0 Å². The van der Waals surface area contributed by atoms with Crippen molar-refractivity contribution in [2.75, 3.05) is 38.2 Å². The van der Waals surface area contributed by atoms with Crippen LogP contribution in [0.3, 0.4) is 0 Å². The van der Waals surface area contributed by atoms with Gasteiger partial charge in [0, 0.05) is 49.1 Å². The zero-order valence-corrected chi connectivity index (χ0v) is 19.7. The molecule has 1 aliphatic heterocycles. The van der Waals surface area contributed by atoms with Gasteiger partial charge in [-0.25, -0.2) is 4.98 Å². The van der Waals surface area contributed by atoms with Crippen LogP contribution in [0.2, 0.25) is 0 Å². The second-order valence-electron chi connectivity index (χ2n) is 8.70. The molecule has 0 saturated carbocycles. The van der Waals surface area contributed by atoms with Crippen LogP contribution < -0.4 is 15.4 Å². The number of rotatable bonds is 7. The molecule has 1 fully saturated rings. The number of piperazine rings is 1. The van der Waals surface area contributed by atoms with Crippen molar-refractivity contribution in [2.24, 2.45) is 5.73 Å². The first-order valence-electron chi connectivity index (χ1n) is 10.8. The summed E-state index contributed by atoms with van der Waals surface area (Å²) >= 11 is 1.72. The molecule has 32 heavy (non-hydrogen) atoms. The number of methoxy groups -OCH3 is 1. The number of aromatic nitrogens is 1. The zero-order chi connectivity index (χ0) is 22.7. The molecule has 1 amide bonds. The summed E-state index contributed by atoms with van der Waals surface area (Å²) in [6.45, 7) is 9.03. The van der Waals surface area contributed by atoms with Crippen molar-refractivity contribution in [3.05, 3.63) is 76.3 Å². The first-order chi connectivity index (χ1) is 15.4. The Labute approximate surface area is 193 Å². The standard InChI is InChI=1S/C25H30N4O2S/c1-25(2,20-7-9-21(31-3)10-8-20)22-17-32-24(27-22)29-13-11-28(12-14-29)16-18-5-4-6-19(15-18)23(26)30/h4-10,15,17H,11-14,16H2,1-3H3,(H2,26,30). The lowest BCUT2D eigenvalue weighted by Gasteiger charge is -2.34. The number of primary amides is 1. The SMILES string of the molecule is COc1ccc(C(C)(C)c2csc(N3CCN(Cc4cccc(C(N)=O)c4)CC3)n2)cc1. The molecule has 0 unspecified atom stereocenters. The van der Waals surface area contributed by atoms with Gasteiger partial charge in [-0.3, -0.25) is 9.69 Å². The van der Waals surface area contributed by atoms with Gasteiger partial charge < -0.3 is 15.4 Å². The highest BCUT2D eigenvalue weighted by atomic mass is 32.1. The molecule has 0 radical (unpaired) electrons. The van der Waals surface area contributed by atoms with Gasteiger partial charge in [-0.1, -0.05) is 38.1 Å². The van der Waals surface area contributed by atoms with E-state index in [0.29, 0.717) is 5.56 Å². The molecular formula is C25H30N4O2S. The molecule has 7 heteroatoms. The van der Waals surface area contributed by atoms with Crippen molar-refractivity contribution in [3.8, 4) is 5.75 Å². The average Bonchev–Trinajstić information content (AvgIpc) is 3.31. The maximum absolute atomic E-state index is 11.4. The number of hydrogen-bond donors (Lipinski definition) is 1. The van der Waals surface area contributed by atoms with Gasteiger partial charge in [0.1, 0.15) is 5.75 Å². The molecule has 1 aromatic heterocycles. The van der Waals surface area contributed by atoms with E-state index < -0.39 is 0 Å². The molecule has 0 spiro atoms. The van der Waals surface area contributed by atoms with Gasteiger partial charge in [0.05, 0.1) is 12.8 Å². The molecule has 1 saturated heterocycles. The van der Waals surface area contributed by atoms with Crippen LogP contribution in [-0.4, -0.2) is 49.1 Å². The lowest BCUT2D eigenvalue weighted by atomic mass is 9.82. The molecule has 3 aromatic rings. The molecule has 2 aromatic carbocycles. The van der Waals surface area contributed by atoms with Gasteiger partial charge in [0.25, 0.3) is 0 Å². The van der Waals surface area contributed by atoms with E-state index in [1.165, 1.54) is 5.56 Å². The zero-order valence-electron chi connectivity index (χ0n) is 18.9. The highest BCUT2D eigenvalue weighted by molar-refractivity contribution is 7.13.